The molecular formula is C13H20F3NO3. The topological polar surface area (TPSA) is 66.4 Å². The number of aliphatic carboxylic acids is 1. The van der Waals surface area contributed by atoms with Crippen LogP contribution in [0.2, 0.25) is 0 Å². The van der Waals surface area contributed by atoms with Crippen LogP contribution in [0.15, 0.2) is 0 Å². The van der Waals surface area contributed by atoms with Gasteiger partial charge in [0.1, 0.15) is 6.04 Å². The van der Waals surface area contributed by atoms with Crippen molar-refractivity contribution in [3.8, 4) is 0 Å². The first-order chi connectivity index (χ1) is 9.14. The molecule has 4 nitrogen and oxygen atoms in total. The highest BCUT2D eigenvalue weighted by Crippen LogP contribution is 2.35. The maximum atomic E-state index is 12.3. The SMILES string of the molecule is CC1(C(=O)NC(CC(F)(F)F)C(=O)O)CCCCCC1. The molecule has 7 heteroatoms. The molecule has 1 aliphatic carbocycles. The van der Waals surface area contributed by atoms with Crippen molar-refractivity contribution in [1.82, 2.24) is 5.32 Å². The summed E-state index contributed by atoms with van der Waals surface area (Å²) in [6.07, 6.45) is -1.36. The van der Waals surface area contributed by atoms with Crippen molar-refractivity contribution >= 4 is 11.9 Å². The van der Waals surface area contributed by atoms with E-state index in [9.17, 15) is 22.8 Å². The molecule has 0 aromatic heterocycles. The predicted molar refractivity (Wildman–Crippen MR) is 66.0 cm³/mol. The zero-order valence-electron chi connectivity index (χ0n) is 11.4. The highest BCUT2D eigenvalue weighted by atomic mass is 19.4. The molecule has 1 atom stereocenters. The van der Waals surface area contributed by atoms with Crippen LogP contribution < -0.4 is 5.32 Å². The van der Waals surface area contributed by atoms with Gasteiger partial charge in [-0.3, -0.25) is 4.79 Å². The van der Waals surface area contributed by atoms with E-state index in [0.717, 1.165) is 25.7 Å². The van der Waals surface area contributed by atoms with Gasteiger partial charge in [0.25, 0.3) is 0 Å². The largest absolute Gasteiger partial charge is 0.480 e. The molecule has 0 spiro atoms. The summed E-state index contributed by atoms with van der Waals surface area (Å²) in [6, 6.07) is -1.91. The van der Waals surface area contributed by atoms with Crippen LogP contribution in [0.5, 0.6) is 0 Å². The Morgan fingerprint density at radius 2 is 1.70 bits per heavy atom. The molecule has 0 aromatic carbocycles. The van der Waals surface area contributed by atoms with Crippen LogP contribution in [0.4, 0.5) is 13.2 Å². The molecule has 1 fully saturated rings. The van der Waals surface area contributed by atoms with Crippen molar-refractivity contribution in [1.29, 1.82) is 0 Å². The van der Waals surface area contributed by atoms with E-state index in [-0.39, 0.29) is 0 Å². The highest BCUT2D eigenvalue weighted by molar-refractivity contribution is 5.87. The second-order valence-corrected chi connectivity index (χ2v) is 5.66. The Morgan fingerprint density at radius 3 is 2.10 bits per heavy atom. The summed E-state index contributed by atoms with van der Waals surface area (Å²) >= 11 is 0. The molecule has 0 heterocycles. The minimum Gasteiger partial charge on any atom is -0.480 e. The molecule has 0 aliphatic heterocycles. The van der Waals surface area contributed by atoms with Gasteiger partial charge in [0.2, 0.25) is 5.91 Å². The van der Waals surface area contributed by atoms with E-state index in [1.807, 2.05) is 0 Å². The maximum Gasteiger partial charge on any atom is 0.391 e. The van der Waals surface area contributed by atoms with Gasteiger partial charge in [-0.05, 0) is 12.8 Å². The lowest BCUT2D eigenvalue weighted by atomic mass is 9.81. The van der Waals surface area contributed by atoms with Crippen LogP contribution in [-0.4, -0.2) is 29.2 Å². The van der Waals surface area contributed by atoms with Crippen LogP contribution in [0, 0.1) is 5.41 Å². The molecule has 116 valence electrons. The van der Waals surface area contributed by atoms with E-state index in [0.29, 0.717) is 12.8 Å². The Morgan fingerprint density at radius 1 is 1.20 bits per heavy atom. The third kappa shape index (κ3) is 5.02. The third-order valence-corrected chi connectivity index (χ3v) is 3.79. The lowest BCUT2D eigenvalue weighted by molar-refractivity contribution is -0.161. The highest BCUT2D eigenvalue weighted by Gasteiger charge is 2.40. The quantitative estimate of drug-likeness (QED) is 0.784. The number of rotatable bonds is 4. The molecule has 0 bridgehead atoms. The first kappa shape index (κ1) is 16.8. The second kappa shape index (κ2) is 6.45. The zero-order valence-corrected chi connectivity index (χ0v) is 11.4. The van der Waals surface area contributed by atoms with Crippen molar-refractivity contribution in [3.63, 3.8) is 0 Å². The minimum atomic E-state index is -4.62. The Labute approximate surface area is 115 Å². The van der Waals surface area contributed by atoms with Crippen LogP contribution in [0.1, 0.15) is 51.9 Å². The van der Waals surface area contributed by atoms with Crippen LogP contribution >= 0.6 is 0 Å². The molecule has 1 rings (SSSR count). The van der Waals surface area contributed by atoms with E-state index < -0.39 is 35.9 Å². The number of hydrogen-bond donors (Lipinski definition) is 2. The number of halogens is 3. The van der Waals surface area contributed by atoms with Crippen molar-refractivity contribution < 1.29 is 27.9 Å². The summed E-state index contributed by atoms with van der Waals surface area (Å²) in [4.78, 5) is 23.0. The van der Waals surface area contributed by atoms with Crippen LogP contribution in [-0.2, 0) is 9.59 Å². The number of amides is 1. The predicted octanol–water partition coefficient (Wildman–Crippen LogP) is 2.87. The first-order valence-electron chi connectivity index (χ1n) is 6.75. The second-order valence-electron chi connectivity index (χ2n) is 5.66. The standard InChI is InChI=1S/C13H20F3NO3/c1-12(6-4-2-3-5-7-12)11(20)17-9(10(18)19)8-13(14,15)16/h9H,2-8H2,1H3,(H,17,20)(H,18,19). The molecule has 1 saturated carbocycles. The average molecular weight is 295 g/mol. The van der Waals surface area contributed by atoms with Gasteiger partial charge in [0.15, 0.2) is 0 Å². The Bertz CT molecular complexity index is 360. The van der Waals surface area contributed by atoms with Gasteiger partial charge < -0.3 is 10.4 Å². The molecule has 1 unspecified atom stereocenters. The van der Waals surface area contributed by atoms with Gasteiger partial charge >= 0.3 is 12.1 Å². The van der Waals surface area contributed by atoms with Gasteiger partial charge in [-0.15, -0.1) is 0 Å². The number of carbonyl (C=O) groups excluding carboxylic acids is 1. The summed E-state index contributed by atoms with van der Waals surface area (Å²) in [6.45, 7) is 1.69. The number of carbonyl (C=O) groups is 2. The van der Waals surface area contributed by atoms with Gasteiger partial charge in [0, 0.05) is 5.41 Å². The van der Waals surface area contributed by atoms with Crippen molar-refractivity contribution in [2.45, 2.75) is 64.1 Å². The van der Waals surface area contributed by atoms with Crippen molar-refractivity contribution in [3.05, 3.63) is 0 Å². The average Bonchev–Trinajstić information content (AvgIpc) is 2.52. The number of nitrogens with one attached hydrogen (secondary N) is 1. The number of carboxylic acids is 1. The molecule has 1 aliphatic rings. The van der Waals surface area contributed by atoms with Crippen molar-refractivity contribution in [2.24, 2.45) is 5.41 Å². The molecule has 1 amide bonds. The van der Waals surface area contributed by atoms with Crippen LogP contribution in [0.25, 0.3) is 0 Å². The van der Waals surface area contributed by atoms with E-state index in [1.165, 1.54) is 0 Å². The Hall–Kier alpha value is -1.27. The molecule has 20 heavy (non-hydrogen) atoms. The molecule has 2 N–H and O–H groups in total. The fraction of sp³-hybridized carbons (Fsp3) is 0.846. The molecule has 0 aromatic rings. The van der Waals surface area contributed by atoms with Gasteiger partial charge in [-0.1, -0.05) is 32.6 Å². The smallest absolute Gasteiger partial charge is 0.391 e. The van der Waals surface area contributed by atoms with E-state index in [2.05, 4.69) is 5.32 Å². The third-order valence-electron chi connectivity index (χ3n) is 3.79. The first-order valence-corrected chi connectivity index (χ1v) is 6.75. The monoisotopic (exact) mass is 295 g/mol. The van der Waals surface area contributed by atoms with Gasteiger partial charge in [0.05, 0.1) is 6.42 Å². The molecular weight excluding hydrogens is 275 g/mol. The maximum absolute atomic E-state index is 12.3. The lowest BCUT2D eigenvalue weighted by Crippen LogP contribution is -2.49. The summed E-state index contributed by atoms with van der Waals surface area (Å²) in [5, 5.41) is 10.9. The number of alkyl halides is 3. The van der Waals surface area contributed by atoms with Crippen molar-refractivity contribution in [2.75, 3.05) is 0 Å². The number of hydrogen-bond acceptors (Lipinski definition) is 2. The fourth-order valence-corrected chi connectivity index (χ4v) is 2.50. The summed E-state index contributed by atoms with van der Waals surface area (Å²) in [5.41, 5.74) is -0.768. The Kier molecular flexibility index (Phi) is 5.42. The van der Waals surface area contributed by atoms with E-state index >= 15 is 0 Å². The molecule has 0 saturated heterocycles. The summed E-state index contributed by atoms with van der Waals surface area (Å²) in [7, 11) is 0. The minimum absolute atomic E-state index is 0.581. The van der Waals surface area contributed by atoms with E-state index in [4.69, 9.17) is 5.11 Å². The number of carboxylic acid groups (broad SMARTS) is 1. The van der Waals surface area contributed by atoms with Gasteiger partial charge in [-0.2, -0.15) is 13.2 Å². The molecule has 0 radical (unpaired) electrons. The van der Waals surface area contributed by atoms with Gasteiger partial charge in [-0.25, -0.2) is 4.79 Å². The summed E-state index contributed by atoms with van der Waals surface area (Å²) < 4.78 is 36.9. The fourth-order valence-electron chi connectivity index (χ4n) is 2.50. The normalized spacial score (nSPS) is 20.8. The van der Waals surface area contributed by atoms with E-state index in [1.54, 1.807) is 6.92 Å². The lowest BCUT2D eigenvalue weighted by Gasteiger charge is -2.28. The Balaban J connectivity index is 2.72. The summed E-state index contributed by atoms with van der Waals surface area (Å²) in [5.74, 6) is -2.25. The van der Waals surface area contributed by atoms with Crippen LogP contribution in [0.3, 0.4) is 0 Å². The zero-order chi connectivity index (χ0) is 15.4.